The van der Waals surface area contributed by atoms with Crippen molar-refractivity contribution in [2.24, 2.45) is 0 Å². The van der Waals surface area contributed by atoms with E-state index in [4.69, 9.17) is 4.74 Å². The van der Waals surface area contributed by atoms with Crippen molar-refractivity contribution in [2.75, 3.05) is 14.2 Å². The number of nitrogens with one attached hydrogen (secondary N) is 1. The van der Waals surface area contributed by atoms with Crippen molar-refractivity contribution in [1.29, 1.82) is 0 Å². The van der Waals surface area contributed by atoms with Crippen LogP contribution in [0.4, 0.5) is 0 Å². The average Bonchev–Trinajstić information content (AvgIpc) is 3.24. The van der Waals surface area contributed by atoms with E-state index in [1.54, 1.807) is 11.9 Å². The zero-order valence-electron chi connectivity index (χ0n) is 15.9. The van der Waals surface area contributed by atoms with Gasteiger partial charge in [-0.25, -0.2) is 4.79 Å². The third-order valence-corrected chi connectivity index (χ3v) is 6.24. The first-order valence-corrected chi connectivity index (χ1v) is 10.00. The van der Waals surface area contributed by atoms with Crippen molar-refractivity contribution in [3.05, 3.63) is 69.7 Å². The first kappa shape index (κ1) is 17.9. The molecule has 0 spiro atoms. The molecule has 0 saturated heterocycles. The van der Waals surface area contributed by atoms with Gasteiger partial charge in [-0.1, -0.05) is 52.3 Å². The van der Waals surface area contributed by atoms with Gasteiger partial charge in [0.05, 0.1) is 23.8 Å². The molecule has 0 fully saturated rings. The number of esters is 1. The van der Waals surface area contributed by atoms with Gasteiger partial charge in [-0.15, -0.1) is 0 Å². The van der Waals surface area contributed by atoms with Crippen LogP contribution in [-0.2, 0) is 11.3 Å². The normalized spacial score (nSPS) is 13.3. The van der Waals surface area contributed by atoms with Gasteiger partial charge >= 0.3 is 5.97 Å². The van der Waals surface area contributed by atoms with Gasteiger partial charge in [0.25, 0.3) is 5.91 Å². The molecular formula is C23H17BrN2O3. The molecule has 1 N–H and O–H groups in total. The van der Waals surface area contributed by atoms with Crippen molar-refractivity contribution in [3.8, 4) is 11.1 Å². The predicted octanol–water partition coefficient (Wildman–Crippen LogP) is 5.12. The van der Waals surface area contributed by atoms with E-state index in [0.717, 1.165) is 37.5 Å². The third kappa shape index (κ3) is 2.45. The molecule has 0 aliphatic carbocycles. The van der Waals surface area contributed by atoms with Crippen molar-refractivity contribution in [1.82, 2.24) is 9.88 Å². The number of methoxy groups -OCH3 is 1. The number of carbonyl (C=O) groups excluding carboxylic acids is 2. The monoisotopic (exact) mass is 448 g/mol. The van der Waals surface area contributed by atoms with Crippen LogP contribution in [0, 0.1) is 0 Å². The first-order valence-electron chi connectivity index (χ1n) is 9.20. The Balaban J connectivity index is 2.06. The standard InChI is InChI=1S/C23H17BrN2O3/c1-26-11-14-17(12-7-3-5-9-15(12)24)20(23(28)29-2)21-18(19(14)22(26)27)13-8-4-6-10-16(13)25-21/h3-10,25H,11H2,1-2H3. The van der Waals surface area contributed by atoms with Gasteiger partial charge in [0.1, 0.15) is 0 Å². The number of fused-ring (bicyclic) bond motifs is 5. The predicted molar refractivity (Wildman–Crippen MR) is 116 cm³/mol. The summed E-state index contributed by atoms with van der Waals surface area (Å²) in [7, 11) is 3.16. The minimum absolute atomic E-state index is 0.0422. The average molecular weight is 449 g/mol. The zero-order valence-corrected chi connectivity index (χ0v) is 17.5. The van der Waals surface area contributed by atoms with Gasteiger partial charge in [-0.2, -0.15) is 0 Å². The number of H-pyrrole nitrogens is 1. The van der Waals surface area contributed by atoms with Crippen LogP contribution < -0.4 is 0 Å². The number of para-hydroxylation sites is 1. The zero-order chi connectivity index (χ0) is 20.3. The maximum atomic E-state index is 13.2. The number of hydrogen-bond donors (Lipinski definition) is 1. The number of amides is 1. The molecule has 1 aromatic heterocycles. The van der Waals surface area contributed by atoms with Crippen molar-refractivity contribution >= 4 is 49.6 Å². The number of aromatic amines is 1. The second-order valence-corrected chi connectivity index (χ2v) is 8.01. The fourth-order valence-corrected chi connectivity index (χ4v) is 4.79. The van der Waals surface area contributed by atoms with Crippen molar-refractivity contribution < 1.29 is 14.3 Å². The number of aromatic nitrogens is 1. The lowest BCUT2D eigenvalue weighted by molar-refractivity contribution is 0.0603. The van der Waals surface area contributed by atoms with E-state index in [1.807, 2.05) is 48.5 Å². The van der Waals surface area contributed by atoms with Gasteiger partial charge in [-0.05, 0) is 23.3 Å². The Bertz CT molecular complexity index is 1340. The van der Waals surface area contributed by atoms with E-state index in [9.17, 15) is 9.59 Å². The summed E-state index contributed by atoms with van der Waals surface area (Å²) in [6.07, 6.45) is 0. The Morgan fingerprint density at radius 3 is 2.59 bits per heavy atom. The van der Waals surface area contributed by atoms with Gasteiger partial charge in [0.15, 0.2) is 0 Å². The summed E-state index contributed by atoms with van der Waals surface area (Å²) < 4.78 is 6.03. The number of rotatable bonds is 2. The van der Waals surface area contributed by atoms with Gasteiger partial charge in [-0.3, -0.25) is 4.79 Å². The topological polar surface area (TPSA) is 62.4 Å². The number of carbonyl (C=O) groups is 2. The van der Waals surface area contributed by atoms with E-state index in [0.29, 0.717) is 23.2 Å². The third-order valence-electron chi connectivity index (χ3n) is 5.55. The maximum absolute atomic E-state index is 13.2. The summed E-state index contributed by atoms with van der Waals surface area (Å²) in [5.74, 6) is -0.475. The molecule has 3 aromatic carbocycles. The smallest absolute Gasteiger partial charge is 0.340 e. The number of halogens is 1. The van der Waals surface area contributed by atoms with Crippen LogP contribution >= 0.6 is 15.9 Å². The fraction of sp³-hybridized carbons (Fsp3) is 0.130. The summed E-state index contributed by atoms with van der Waals surface area (Å²) in [4.78, 5) is 31.2. The van der Waals surface area contributed by atoms with Crippen LogP contribution in [0.25, 0.3) is 32.9 Å². The molecule has 4 aromatic rings. The molecule has 0 unspecified atom stereocenters. The number of hydrogen-bond acceptors (Lipinski definition) is 3. The second kappa shape index (κ2) is 6.46. The summed E-state index contributed by atoms with van der Waals surface area (Å²) in [5, 5.41) is 1.70. The molecule has 5 rings (SSSR count). The van der Waals surface area contributed by atoms with Crippen molar-refractivity contribution in [2.45, 2.75) is 6.54 Å². The Hall–Kier alpha value is -3.12. The molecule has 1 amide bonds. The second-order valence-electron chi connectivity index (χ2n) is 7.16. The highest BCUT2D eigenvalue weighted by Gasteiger charge is 2.36. The molecule has 1 aliphatic heterocycles. The molecule has 6 heteroatoms. The lowest BCUT2D eigenvalue weighted by Gasteiger charge is -2.16. The van der Waals surface area contributed by atoms with Crippen LogP contribution in [0.2, 0.25) is 0 Å². The highest BCUT2D eigenvalue weighted by Crippen LogP contribution is 2.45. The van der Waals surface area contributed by atoms with Crippen LogP contribution in [0.3, 0.4) is 0 Å². The van der Waals surface area contributed by atoms with Crippen LogP contribution in [0.15, 0.2) is 53.0 Å². The molecule has 2 heterocycles. The van der Waals surface area contributed by atoms with E-state index in [2.05, 4.69) is 20.9 Å². The quantitative estimate of drug-likeness (QED) is 0.432. The SMILES string of the molecule is COC(=O)c1c(-c2ccccc2Br)c2c(c3c1[nH]c1ccccc13)C(=O)N(C)C2. The highest BCUT2D eigenvalue weighted by molar-refractivity contribution is 9.10. The van der Waals surface area contributed by atoms with Crippen LogP contribution in [-0.4, -0.2) is 35.9 Å². The van der Waals surface area contributed by atoms with E-state index < -0.39 is 5.97 Å². The van der Waals surface area contributed by atoms with Gasteiger partial charge in [0.2, 0.25) is 0 Å². The lowest BCUT2D eigenvalue weighted by atomic mass is 9.88. The van der Waals surface area contributed by atoms with E-state index in [1.165, 1.54) is 7.11 Å². The summed E-state index contributed by atoms with van der Waals surface area (Å²) >= 11 is 3.61. The summed E-state index contributed by atoms with van der Waals surface area (Å²) in [6.45, 7) is 0.435. The molecule has 29 heavy (non-hydrogen) atoms. The maximum Gasteiger partial charge on any atom is 0.340 e. The fourth-order valence-electron chi connectivity index (χ4n) is 4.30. The minimum atomic E-state index is -0.433. The summed E-state index contributed by atoms with van der Waals surface area (Å²) in [5.41, 5.74) is 5.05. The Labute approximate surface area is 175 Å². The molecule has 0 bridgehead atoms. The molecular weight excluding hydrogens is 432 g/mol. The Morgan fingerprint density at radius 2 is 1.83 bits per heavy atom. The first-order chi connectivity index (χ1) is 14.0. The van der Waals surface area contributed by atoms with Crippen LogP contribution in [0.5, 0.6) is 0 Å². The molecule has 0 radical (unpaired) electrons. The van der Waals surface area contributed by atoms with Crippen LogP contribution in [0.1, 0.15) is 26.3 Å². The largest absolute Gasteiger partial charge is 0.465 e. The van der Waals surface area contributed by atoms with Gasteiger partial charge in [0, 0.05) is 39.9 Å². The molecule has 144 valence electrons. The number of ether oxygens (including phenoxy) is 1. The lowest BCUT2D eigenvalue weighted by Crippen LogP contribution is -2.17. The molecule has 1 aliphatic rings. The minimum Gasteiger partial charge on any atom is -0.465 e. The summed E-state index contributed by atoms with van der Waals surface area (Å²) in [6, 6.07) is 15.5. The van der Waals surface area contributed by atoms with Gasteiger partial charge < -0.3 is 14.6 Å². The van der Waals surface area contributed by atoms with E-state index in [-0.39, 0.29) is 5.91 Å². The number of nitrogens with zero attached hydrogens (tertiary/aromatic N) is 1. The van der Waals surface area contributed by atoms with Crippen molar-refractivity contribution in [3.63, 3.8) is 0 Å². The molecule has 0 atom stereocenters. The molecule has 0 saturated carbocycles. The molecule has 5 nitrogen and oxygen atoms in total. The highest BCUT2D eigenvalue weighted by atomic mass is 79.9. The Kier molecular flexibility index (Phi) is 3.99. The Morgan fingerprint density at radius 1 is 1.10 bits per heavy atom. The number of benzene rings is 3. The van der Waals surface area contributed by atoms with E-state index >= 15 is 0 Å².